The summed E-state index contributed by atoms with van der Waals surface area (Å²) >= 11 is 1.36. The van der Waals surface area contributed by atoms with E-state index in [0.29, 0.717) is 16.3 Å². The maximum atomic E-state index is 10.8. The van der Waals surface area contributed by atoms with Crippen molar-refractivity contribution in [2.45, 2.75) is 0 Å². The number of aromatic nitrogens is 2. The second-order valence-electron chi connectivity index (χ2n) is 3.88. The van der Waals surface area contributed by atoms with Crippen LogP contribution >= 0.6 is 11.3 Å². The number of pyridine rings is 1. The van der Waals surface area contributed by atoms with Crippen molar-refractivity contribution in [3.63, 3.8) is 0 Å². The highest BCUT2D eigenvalue weighted by Gasteiger charge is 2.14. The van der Waals surface area contributed by atoms with Crippen molar-refractivity contribution in [3.8, 4) is 10.6 Å². The number of nitro groups is 1. The fourth-order valence-electron chi connectivity index (χ4n) is 1.73. The molecule has 2 N–H and O–H groups in total. The Labute approximate surface area is 111 Å². The molecule has 3 rings (SSSR count). The summed E-state index contributed by atoms with van der Waals surface area (Å²) in [6.07, 6.45) is 1.68. The Morgan fingerprint density at radius 2 is 2.16 bits per heavy atom. The van der Waals surface area contributed by atoms with Crippen LogP contribution in [-0.2, 0) is 0 Å². The first-order chi connectivity index (χ1) is 9.15. The van der Waals surface area contributed by atoms with E-state index >= 15 is 0 Å². The minimum Gasteiger partial charge on any atom is -0.398 e. The number of nitro benzene ring substituents is 1. The van der Waals surface area contributed by atoms with E-state index in [9.17, 15) is 10.1 Å². The summed E-state index contributed by atoms with van der Waals surface area (Å²) in [5.41, 5.74) is 7.65. The molecule has 0 bridgehead atoms. The van der Waals surface area contributed by atoms with Gasteiger partial charge in [0.25, 0.3) is 5.69 Å². The zero-order valence-electron chi connectivity index (χ0n) is 9.61. The molecule has 2 aromatic heterocycles. The van der Waals surface area contributed by atoms with E-state index in [-0.39, 0.29) is 5.69 Å². The fraction of sp³-hybridized carbons (Fsp3) is 0. The first kappa shape index (κ1) is 11.5. The highest BCUT2D eigenvalue weighted by Crippen LogP contribution is 2.34. The molecule has 2 heterocycles. The molecule has 1 aromatic carbocycles. The van der Waals surface area contributed by atoms with Gasteiger partial charge in [0.15, 0.2) is 0 Å². The SMILES string of the molecule is Nc1ccc([N+](=O)[O-])cc1-c1nc2cccnc2s1. The number of nitrogens with zero attached hydrogens (tertiary/aromatic N) is 3. The Balaban J connectivity index is 2.20. The second kappa shape index (κ2) is 4.29. The summed E-state index contributed by atoms with van der Waals surface area (Å²) in [5, 5.41) is 11.4. The Morgan fingerprint density at radius 3 is 2.89 bits per heavy atom. The standard InChI is InChI=1S/C12H8N4O2S/c13-9-4-3-7(16(17)18)6-8(9)11-15-10-2-1-5-14-12(10)19-11/h1-6H,13H2. The first-order valence-electron chi connectivity index (χ1n) is 5.41. The number of anilines is 1. The molecule has 7 heteroatoms. The third kappa shape index (κ3) is 2.00. The topological polar surface area (TPSA) is 94.9 Å². The van der Waals surface area contributed by atoms with Crippen LogP contribution in [0.4, 0.5) is 11.4 Å². The lowest BCUT2D eigenvalue weighted by Gasteiger charge is -2.01. The Morgan fingerprint density at radius 1 is 1.32 bits per heavy atom. The lowest BCUT2D eigenvalue weighted by Crippen LogP contribution is -1.93. The van der Waals surface area contributed by atoms with Gasteiger partial charge in [0.1, 0.15) is 15.4 Å². The number of nitrogen functional groups attached to an aromatic ring is 1. The van der Waals surface area contributed by atoms with Gasteiger partial charge in [-0.1, -0.05) is 11.3 Å². The van der Waals surface area contributed by atoms with Crippen LogP contribution in [0.15, 0.2) is 36.5 Å². The third-order valence-corrected chi connectivity index (χ3v) is 3.66. The van der Waals surface area contributed by atoms with Crippen LogP contribution in [0.3, 0.4) is 0 Å². The number of hydrogen-bond acceptors (Lipinski definition) is 6. The molecule has 94 valence electrons. The Hall–Kier alpha value is -2.54. The first-order valence-corrected chi connectivity index (χ1v) is 6.22. The molecule has 0 saturated heterocycles. The zero-order valence-corrected chi connectivity index (χ0v) is 10.4. The monoisotopic (exact) mass is 272 g/mol. The Bertz CT molecular complexity index is 751. The Kier molecular flexibility index (Phi) is 2.60. The summed E-state index contributed by atoms with van der Waals surface area (Å²) < 4.78 is 0. The predicted octanol–water partition coefficient (Wildman–Crippen LogP) is 2.85. The highest BCUT2D eigenvalue weighted by molar-refractivity contribution is 7.21. The van der Waals surface area contributed by atoms with Gasteiger partial charge in [0.2, 0.25) is 0 Å². The molecular formula is C12H8N4O2S. The van der Waals surface area contributed by atoms with Crippen molar-refractivity contribution >= 4 is 33.1 Å². The van der Waals surface area contributed by atoms with Gasteiger partial charge in [0, 0.05) is 29.6 Å². The molecule has 0 unspecified atom stereocenters. The van der Waals surface area contributed by atoms with Gasteiger partial charge in [-0.2, -0.15) is 0 Å². The van der Waals surface area contributed by atoms with Crippen LogP contribution in [-0.4, -0.2) is 14.9 Å². The van der Waals surface area contributed by atoms with Gasteiger partial charge >= 0.3 is 0 Å². The van der Waals surface area contributed by atoms with Crippen LogP contribution in [0.25, 0.3) is 20.9 Å². The van der Waals surface area contributed by atoms with Crippen LogP contribution < -0.4 is 5.73 Å². The van der Waals surface area contributed by atoms with Crippen LogP contribution in [0, 0.1) is 10.1 Å². The van der Waals surface area contributed by atoms with E-state index in [4.69, 9.17) is 5.73 Å². The normalized spacial score (nSPS) is 10.7. The molecule has 0 aliphatic rings. The predicted molar refractivity (Wildman–Crippen MR) is 73.9 cm³/mol. The van der Waals surface area contributed by atoms with Crippen molar-refractivity contribution in [1.29, 1.82) is 0 Å². The summed E-state index contributed by atoms with van der Waals surface area (Å²) in [5.74, 6) is 0. The smallest absolute Gasteiger partial charge is 0.270 e. The lowest BCUT2D eigenvalue weighted by molar-refractivity contribution is -0.384. The summed E-state index contributed by atoms with van der Waals surface area (Å²) in [6.45, 7) is 0. The van der Waals surface area contributed by atoms with Gasteiger partial charge in [0.05, 0.1) is 4.92 Å². The van der Waals surface area contributed by atoms with Gasteiger partial charge in [-0.15, -0.1) is 0 Å². The maximum Gasteiger partial charge on any atom is 0.270 e. The average Bonchev–Trinajstić information content (AvgIpc) is 2.82. The van der Waals surface area contributed by atoms with Gasteiger partial charge in [-0.05, 0) is 18.2 Å². The number of hydrogen-bond donors (Lipinski definition) is 1. The third-order valence-electron chi connectivity index (χ3n) is 2.64. The molecule has 0 fully saturated rings. The average molecular weight is 272 g/mol. The molecule has 0 spiro atoms. The van der Waals surface area contributed by atoms with E-state index in [0.717, 1.165) is 10.3 Å². The summed E-state index contributed by atoms with van der Waals surface area (Å²) in [6, 6.07) is 7.98. The van der Waals surface area contributed by atoms with Gasteiger partial charge in [-0.3, -0.25) is 10.1 Å². The second-order valence-corrected chi connectivity index (χ2v) is 4.85. The highest BCUT2D eigenvalue weighted by atomic mass is 32.1. The molecule has 6 nitrogen and oxygen atoms in total. The molecule has 19 heavy (non-hydrogen) atoms. The van der Waals surface area contributed by atoms with E-state index < -0.39 is 4.92 Å². The summed E-state index contributed by atoms with van der Waals surface area (Å²) in [4.78, 5) is 19.7. The number of nitrogens with two attached hydrogens (primary N) is 1. The number of non-ortho nitro benzene ring substituents is 1. The molecule has 0 atom stereocenters. The van der Waals surface area contributed by atoms with Crippen molar-refractivity contribution in [3.05, 3.63) is 46.6 Å². The molecular weight excluding hydrogens is 264 g/mol. The van der Waals surface area contributed by atoms with E-state index in [1.54, 1.807) is 12.3 Å². The molecule has 0 amide bonds. The molecule has 3 aromatic rings. The lowest BCUT2D eigenvalue weighted by atomic mass is 10.1. The van der Waals surface area contributed by atoms with Crippen molar-refractivity contribution in [2.24, 2.45) is 0 Å². The molecule has 0 aliphatic heterocycles. The number of fused-ring (bicyclic) bond motifs is 1. The number of thiazole rings is 1. The van der Waals surface area contributed by atoms with E-state index in [1.807, 2.05) is 6.07 Å². The molecule has 0 radical (unpaired) electrons. The minimum atomic E-state index is -0.450. The van der Waals surface area contributed by atoms with Crippen molar-refractivity contribution in [2.75, 3.05) is 5.73 Å². The van der Waals surface area contributed by atoms with Crippen molar-refractivity contribution in [1.82, 2.24) is 9.97 Å². The quantitative estimate of drug-likeness (QED) is 0.439. The van der Waals surface area contributed by atoms with Crippen LogP contribution in [0.5, 0.6) is 0 Å². The number of rotatable bonds is 2. The maximum absolute atomic E-state index is 10.8. The zero-order chi connectivity index (χ0) is 13.4. The summed E-state index contributed by atoms with van der Waals surface area (Å²) in [7, 11) is 0. The van der Waals surface area contributed by atoms with Crippen molar-refractivity contribution < 1.29 is 4.92 Å². The van der Waals surface area contributed by atoms with E-state index in [1.165, 1.54) is 29.5 Å². The van der Waals surface area contributed by atoms with Gasteiger partial charge in [-0.25, -0.2) is 9.97 Å². The van der Waals surface area contributed by atoms with Crippen LogP contribution in [0.2, 0.25) is 0 Å². The van der Waals surface area contributed by atoms with Gasteiger partial charge < -0.3 is 5.73 Å². The fourth-order valence-corrected chi connectivity index (χ4v) is 2.67. The molecule has 0 aliphatic carbocycles. The largest absolute Gasteiger partial charge is 0.398 e. The van der Waals surface area contributed by atoms with E-state index in [2.05, 4.69) is 9.97 Å². The minimum absolute atomic E-state index is 0.00332. The molecule has 0 saturated carbocycles. The number of benzene rings is 1. The van der Waals surface area contributed by atoms with Crippen LogP contribution in [0.1, 0.15) is 0 Å².